The van der Waals surface area contributed by atoms with Gasteiger partial charge in [-0.3, -0.25) is 0 Å². The van der Waals surface area contributed by atoms with Crippen LogP contribution < -0.4 is 5.32 Å². The van der Waals surface area contributed by atoms with Crippen molar-refractivity contribution in [2.75, 3.05) is 5.75 Å². The summed E-state index contributed by atoms with van der Waals surface area (Å²) in [6.07, 6.45) is 0. The van der Waals surface area contributed by atoms with E-state index >= 15 is 0 Å². The fraction of sp³-hybridized carbons (Fsp3) is 0.333. The Morgan fingerprint density at radius 3 is 2.73 bits per heavy atom. The molecule has 0 amide bonds. The Morgan fingerprint density at radius 1 is 1.23 bits per heavy atom. The number of halogens is 1. The topological polar surface area (TPSA) is 32.3 Å². The van der Waals surface area contributed by atoms with Crippen molar-refractivity contribution in [1.82, 2.24) is 5.32 Å². The van der Waals surface area contributed by atoms with Crippen molar-refractivity contribution in [2.45, 2.75) is 37.9 Å². The fourth-order valence-corrected chi connectivity index (χ4v) is 3.26. The molecule has 118 valence electrons. The van der Waals surface area contributed by atoms with Crippen LogP contribution in [0.15, 0.2) is 47.4 Å². The van der Waals surface area contributed by atoms with Gasteiger partial charge in [0.15, 0.2) is 0 Å². The Morgan fingerprint density at radius 2 is 2.00 bits per heavy atom. The van der Waals surface area contributed by atoms with E-state index in [4.69, 9.17) is 5.11 Å². The third-order valence-corrected chi connectivity index (χ3v) is 4.55. The molecule has 4 heteroatoms. The van der Waals surface area contributed by atoms with E-state index in [0.717, 1.165) is 11.3 Å². The van der Waals surface area contributed by atoms with Gasteiger partial charge in [0.2, 0.25) is 0 Å². The van der Waals surface area contributed by atoms with Gasteiger partial charge >= 0.3 is 0 Å². The quantitative estimate of drug-likeness (QED) is 0.747. The van der Waals surface area contributed by atoms with E-state index < -0.39 is 0 Å². The Labute approximate surface area is 135 Å². The van der Waals surface area contributed by atoms with E-state index in [-0.39, 0.29) is 18.5 Å². The number of aliphatic hydroxyl groups is 1. The van der Waals surface area contributed by atoms with E-state index in [1.807, 2.05) is 11.8 Å². The van der Waals surface area contributed by atoms with Gasteiger partial charge in [0, 0.05) is 23.0 Å². The zero-order chi connectivity index (χ0) is 15.9. The van der Waals surface area contributed by atoms with E-state index in [1.165, 1.54) is 16.5 Å². The lowest BCUT2D eigenvalue weighted by Gasteiger charge is -2.18. The SMILES string of the molecule is CCSc1ccccc1C(C)NCc1ccc(F)c(CO)c1. The van der Waals surface area contributed by atoms with Gasteiger partial charge in [-0.1, -0.05) is 31.2 Å². The van der Waals surface area contributed by atoms with Gasteiger partial charge in [0.1, 0.15) is 5.82 Å². The molecule has 2 aromatic rings. The highest BCUT2D eigenvalue weighted by Crippen LogP contribution is 2.27. The summed E-state index contributed by atoms with van der Waals surface area (Å²) in [7, 11) is 0. The predicted octanol–water partition coefficient (Wildman–Crippen LogP) is 4.28. The molecule has 0 aliphatic carbocycles. The van der Waals surface area contributed by atoms with Crippen LogP contribution >= 0.6 is 11.8 Å². The number of hydrogen-bond donors (Lipinski definition) is 2. The number of thioether (sulfide) groups is 1. The summed E-state index contributed by atoms with van der Waals surface area (Å²) >= 11 is 1.84. The molecular weight excluding hydrogens is 297 g/mol. The van der Waals surface area contributed by atoms with Crippen LogP contribution in [0.5, 0.6) is 0 Å². The molecule has 22 heavy (non-hydrogen) atoms. The molecule has 0 aliphatic heterocycles. The van der Waals surface area contributed by atoms with Crippen LogP contribution in [0.1, 0.15) is 36.6 Å². The van der Waals surface area contributed by atoms with Crippen LogP contribution in [0.4, 0.5) is 4.39 Å². The van der Waals surface area contributed by atoms with Gasteiger partial charge in [-0.25, -0.2) is 4.39 Å². The van der Waals surface area contributed by atoms with E-state index in [1.54, 1.807) is 12.1 Å². The minimum Gasteiger partial charge on any atom is -0.392 e. The first kappa shape index (κ1) is 17.0. The van der Waals surface area contributed by atoms with Crippen LogP contribution in [0.3, 0.4) is 0 Å². The lowest BCUT2D eigenvalue weighted by atomic mass is 10.1. The number of hydrogen-bond acceptors (Lipinski definition) is 3. The number of benzene rings is 2. The number of aliphatic hydroxyl groups excluding tert-OH is 1. The minimum absolute atomic E-state index is 0.206. The van der Waals surface area contributed by atoms with Gasteiger partial charge in [-0.2, -0.15) is 0 Å². The van der Waals surface area contributed by atoms with Crippen LogP contribution in [0.25, 0.3) is 0 Å². The highest BCUT2D eigenvalue weighted by molar-refractivity contribution is 7.99. The maximum atomic E-state index is 13.4. The highest BCUT2D eigenvalue weighted by atomic mass is 32.2. The lowest BCUT2D eigenvalue weighted by Crippen LogP contribution is -2.19. The normalized spacial score (nSPS) is 12.4. The molecule has 1 atom stereocenters. The first-order valence-electron chi connectivity index (χ1n) is 7.49. The van der Waals surface area contributed by atoms with Gasteiger partial charge in [0.25, 0.3) is 0 Å². The average Bonchev–Trinajstić information content (AvgIpc) is 2.54. The van der Waals surface area contributed by atoms with Crippen molar-refractivity contribution in [1.29, 1.82) is 0 Å². The molecule has 2 rings (SSSR count). The molecule has 0 saturated heterocycles. The second kappa shape index (κ2) is 8.32. The minimum atomic E-state index is -0.357. The maximum absolute atomic E-state index is 13.4. The summed E-state index contributed by atoms with van der Waals surface area (Å²) in [5, 5.41) is 12.6. The van der Waals surface area contributed by atoms with Crippen LogP contribution in [-0.4, -0.2) is 10.9 Å². The monoisotopic (exact) mass is 319 g/mol. The molecule has 0 aliphatic rings. The highest BCUT2D eigenvalue weighted by Gasteiger charge is 2.10. The smallest absolute Gasteiger partial charge is 0.128 e. The van der Waals surface area contributed by atoms with Gasteiger partial charge in [-0.15, -0.1) is 11.8 Å². The van der Waals surface area contributed by atoms with Crippen LogP contribution in [0.2, 0.25) is 0 Å². The summed E-state index contributed by atoms with van der Waals surface area (Å²) in [6, 6.07) is 13.5. The maximum Gasteiger partial charge on any atom is 0.128 e. The zero-order valence-corrected chi connectivity index (χ0v) is 13.8. The van der Waals surface area contributed by atoms with E-state index in [2.05, 4.69) is 43.4 Å². The molecule has 2 nitrogen and oxygen atoms in total. The first-order valence-corrected chi connectivity index (χ1v) is 8.47. The first-order chi connectivity index (χ1) is 10.7. The summed E-state index contributed by atoms with van der Waals surface area (Å²) in [5.41, 5.74) is 2.59. The lowest BCUT2D eigenvalue weighted by molar-refractivity contribution is 0.275. The molecule has 2 aromatic carbocycles. The molecule has 0 fully saturated rings. The van der Waals surface area contributed by atoms with Crippen LogP contribution in [0, 0.1) is 5.82 Å². The molecule has 1 unspecified atom stereocenters. The third-order valence-electron chi connectivity index (χ3n) is 3.58. The second-order valence-corrected chi connectivity index (χ2v) is 6.46. The van der Waals surface area contributed by atoms with E-state index in [9.17, 15) is 4.39 Å². The average molecular weight is 319 g/mol. The van der Waals surface area contributed by atoms with Crippen molar-refractivity contribution < 1.29 is 9.50 Å². The Hall–Kier alpha value is -1.36. The van der Waals surface area contributed by atoms with Crippen molar-refractivity contribution in [2.24, 2.45) is 0 Å². The third kappa shape index (κ3) is 4.32. The predicted molar refractivity (Wildman–Crippen MR) is 90.4 cm³/mol. The Bertz CT molecular complexity index is 618. The Balaban J connectivity index is 2.05. The number of nitrogens with one attached hydrogen (secondary N) is 1. The molecule has 0 saturated carbocycles. The molecule has 0 bridgehead atoms. The molecule has 0 aromatic heterocycles. The molecule has 2 N–H and O–H groups in total. The summed E-state index contributed by atoms with van der Waals surface area (Å²) < 4.78 is 13.4. The Kier molecular flexibility index (Phi) is 6.43. The van der Waals surface area contributed by atoms with Crippen molar-refractivity contribution in [3.63, 3.8) is 0 Å². The van der Waals surface area contributed by atoms with Crippen molar-refractivity contribution in [3.05, 3.63) is 65.0 Å². The second-order valence-electron chi connectivity index (χ2n) is 5.16. The van der Waals surface area contributed by atoms with Crippen molar-refractivity contribution >= 4 is 11.8 Å². The molecular formula is C18H22FNOS. The molecule has 0 radical (unpaired) electrons. The standard InChI is InChI=1S/C18H22FNOS/c1-3-22-18-7-5-4-6-16(18)13(2)20-11-14-8-9-17(19)15(10-14)12-21/h4-10,13,20-21H,3,11-12H2,1-2H3. The number of rotatable bonds is 7. The van der Waals surface area contributed by atoms with Gasteiger partial charge in [0.05, 0.1) is 6.61 Å². The summed E-state index contributed by atoms with van der Waals surface area (Å²) in [4.78, 5) is 1.29. The van der Waals surface area contributed by atoms with E-state index in [0.29, 0.717) is 12.1 Å². The zero-order valence-electron chi connectivity index (χ0n) is 13.0. The van der Waals surface area contributed by atoms with Crippen LogP contribution in [-0.2, 0) is 13.2 Å². The van der Waals surface area contributed by atoms with Gasteiger partial charge in [-0.05, 0) is 42.0 Å². The summed E-state index contributed by atoms with van der Waals surface area (Å²) in [5.74, 6) is 0.686. The molecule has 0 heterocycles. The molecule has 0 spiro atoms. The summed E-state index contributed by atoms with van der Waals surface area (Å²) in [6.45, 7) is 4.64. The largest absolute Gasteiger partial charge is 0.392 e. The van der Waals surface area contributed by atoms with Gasteiger partial charge < -0.3 is 10.4 Å². The fourth-order valence-electron chi connectivity index (χ4n) is 2.37. The van der Waals surface area contributed by atoms with Crippen molar-refractivity contribution in [3.8, 4) is 0 Å².